The summed E-state index contributed by atoms with van der Waals surface area (Å²) in [6.45, 7) is 2.38. The summed E-state index contributed by atoms with van der Waals surface area (Å²) >= 11 is 1.61. The highest BCUT2D eigenvalue weighted by molar-refractivity contribution is 7.99. The number of para-hydroxylation sites is 1. The predicted octanol–water partition coefficient (Wildman–Crippen LogP) is 8.49. The molecule has 0 radical (unpaired) electrons. The van der Waals surface area contributed by atoms with Crippen molar-refractivity contribution in [3.05, 3.63) is 168 Å². The standard InChI is InChI=1S/C43H43N5O6S2/c1-48(50,51)42-30-39(24-25-41(42)46-28-29-55-38-13-6-3-7-14-38)56(52,53)47-43(49)33-16-20-35(21-17-33)45-27-26-44-31-34-10-8-9-15-40(34)32-18-22-37(23-19-32)54-36-11-4-2-5-12-36/h2-25,30,44-46,50H,26-29,31H2,1H3,(H,47,49). The Bertz CT molecular complexity index is 2300. The summed E-state index contributed by atoms with van der Waals surface area (Å²) in [5.41, 5.74) is 4.34. The van der Waals surface area contributed by atoms with Crippen molar-refractivity contribution in [2.45, 2.75) is 16.3 Å². The number of carbonyl (C=O) groups is 1. The van der Waals surface area contributed by atoms with Crippen molar-refractivity contribution in [2.24, 2.45) is 0 Å². The first kappa shape index (κ1) is 40.0. The van der Waals surface area contributed by atoms with Crippen LogP contribution in [0.5, 0.6) is 11.5 Å². The molecule has 0 saturated heterocycles. The normalized spacial score (nSPS) is 12.3. The summed E-state index contributed by atoms with van der Waals surface area (Å²) < 4.78 is 34.4. The molecule has 13 heteroatoms. The fourth-order valence-corrected chi connectivity index (χ4v) is 7.61. The van der Waals surface area contributed by atoms with Crippen LogP contribution < -0.4 is 30.2 Å². The molecule has 56 heavy (non-hydrogen) atoms. The lowest BCUT2D eigenvalue weighted by molar-refractivity contribution is -0.00399. The number of anilines is 2. The lowest BCUT2D eigenvalue weighted by atomic mass is 9.99. The van der Waals surface area contributed by atoms with E-state index in [1.165, 1.54) is 24.3 Å². The van der Waals surface area contributed by atoms with Gasteiger partial charge in [-0.05, 0) is 89.5 Å². The largest absolute Gasteiger partial charge is 0.593 e. The van der Waals surface area contributed by atoms with Gasteiger partial charge >= 0.3 is 0 Å². The zero-order chi connectivity index (χ0) is 39.4. The van der Waals surface area contributed by atoms with E-state index in [1.54, 1.807) is 23.9 Å². The van der Waals surface area contributed by atoms with Gasteiger partial charge in [0.1, 0.15) is 18.5 Å². The maximum Gasteiger partial charge on any atom is 0.264 e. The van der Waals surface area contributed by atoms with Gasteiger partial charge in [0, 0.05) is 54.1 Å². The second-order valence-corrected chi connectivity index (χ2v) is 15.7. The van der Waals surface area contributed by atoms with E-state index >= 15 is 0 Å². The van der Waals surface area contributed by atoms with Crippen LogP contribution in [0, 0.1) is 5.21 Å². The van der Waals surface area contributed by atoms with E-state index in [-0.39, 0.29) is 21.8 Å². The average molecular weight is 790 g/mol. The van der Waals surface area contributed by atoms with Gasteiger partial charge in [-0.3, -0.25) is 4.79 Å². The number of nitrogens with zero attached hydrogens (tertiary/aromatic N) is 1. The molecule has 0 heterocycles. The number of hydroxylamine groups is 2. The van der Waals surface area contributed by atoms with Gasteiger partial charge in [-0.25, -0.2) is 18.3 Å². The molecule has 0 aliphatic rings. The molecule has 6 aromatic rings. The van der Waals surface area contributed by atoms with Crippen LogP contribution in [0.2, 0.25) is 0 Å². The maximum absolute atomic E-state index is 13.2. The molecule has 1 atom stereocenters. The van der Waals surface area contributed by atoms with Crippen LogP contribution in [0.25, 0.3) is 11.1 Å². The van der Waals surface area contributed by atoms with Crippen LogP contribution in [0.3, 0.4) is 0 Å². The number of ether oxygens (including phenoxy) is 1. The van der Waals surface area contributed by atoms with Gasteiger partial charge in [-0.2, -0.15) is 4.81 Å². The van der Waals surface area contributed by atoms with Crippen molar-refractivity contribution in [1.29, 1.82) is 0 Å². The van der Waals surface area contributed by atoms with Gasteiger partial charge in [-0.1, -0.05) is 72.8 Å². The Kier molecular flexibility index (Phi) is 13.4. The molecule has 0 aliphatic heterocycles. The van der Waals surface area contributed by atoms with Gasteiger partial charge in [0.05, 0.1) is 10.6 Å². The number of nitrogens with one attached hydrogen (secondary N) is 4. The van der Waals surface area contributed by atoms with Crippen LogP contribution >= 0.6 is 11.8 Å². The highest BCUT2D eigenvalue weighted by Gasteiger charge is 2.25. The van der Waals surface area contributed by atoms with Crippen molar-refractivity contribution in [3.8, 4) is 22.6 Å². The second kappa shape index (κ2) is 18.8. The number of hydrogen-bond donors (Lipinski definition) is 5. The second-order valence-electron chi connectivity index (χ2n) is 12.9. The van der Waals surface area contributed by atoms with E-state index in [2.05, 4.69) is 44.9 Å². The van der Waals surface area contributed by atoms with E-state index in [0.29, 0.717) is 31.9 Å². The Hall–Kier alpha value is -5.67. The first-order valence-electron chi connectivity index (χ1n) is 17.9. The molecule has 0 aliphatic carbocycles. The van der Waals surface area contributed by atoms with Gasteiger partial charge in [-0.15, -0.1) is 11.8 Å². The third-order valence-electron chi connectivity index (χ3n) is 8.64. The third kappa shape index (κ3) is 11.2. The minimum Gasteiger partial charge on any atom is -0.593 e. The smallest absolute Gasteiger partial charge is 0.264 e. The highest BCUT2D eigenvalue weighted by atomic mass is 32.2. The molecule has 0 fully saturated rings. The van der Waals surface area contributed by atoms with Crippen molar-refractivity contribution in [3.63, 3.8) is 0 Å². The minimum atomic E-state index is -4.38. The predicted molar refractivity (Wildman–Crippen MR) is 225 cm³/mol. The van der Waals surface area contributed by atoms with E-state index in [4.69, 9.17) is 4.74 Å². The first-order chi connectivity index (χ1) is 27.0. The van der Waals surface area contributed by atoms with Crippen LogP contribution in [0.15, 0.2) is 161 Å². The summed E-state index contributed by atoms with van der Waals surface area (Å²) in [6.07, 6.45) is 0. The highest BCUT2D eigenvalue weighted by Crippen LogP contribution is 2.32. The fourth-order valence-electron chi connectivity index (χ4n) is 5.82. The maximum atomic E-state index is 13.2. The van der Waals surface area contributed by atoms with Crippen LogP contribution in [0.4, 0.5) is 17.1 Å². The number of amides is 1. The molecule has 0 spiro atoms. The van der Waals surface area contributed by atoms with Gasteiger partial charge in [0.15, 0.2) is 5.69 Å². The van der Waals surface area contributed by atoms with Crippen molar-refractivity contribution >= 4 is 44.8 Å². The lowest BCUT2D eigenvalue weighted by Gasteiger charge is -2.30. The Balaban J connectivity index is 0.973. The van der Waals surface area contributed by atoms with Crippen LogP contribution in [-0.2, 0) is 16.6 Å². The van der Waals surface area contributed by atoms with Crippen molar-refractivity contribution in [1.82, 2.24) is 14.8 Å². The number of quaternary nitrogens is 1. The molecule has 0 bridgehead atoms. The van der Waals surface area contributed by atoms with E-state index in [0.717, 1.165) is 51.9 Å². The Morgan fingerprint density at radius 1 is 0.750 bits per heavy atom. The summed E-state index contributed by atoms with van der Waals surface area (Å²) in [4.78, 5) is 11.9. The summed E-state index contributed by atoms with van der Waals surface area (Å²) in [7, 11) is -3.40. The van der Waals surface area contributed by atoms with Gasteiger partial charge in [0.25, 0.3) is 15.9 Å². The monoisotopic (exact) mass is 789 g/mol. The number of sulfonamides is 1. The van der Waals surface area contributed by atoms with Gasteiger partial charge in [0.2, 0.25) is 0 Å². The van der Waals surface area contributed by atoms with Gasteiger partial charge < -0.3 is 25.9 Å². The number of hydrogen-bond acceptors (Lipinski definition) is 10. The zero-order valence-electron chi connectivity index (χ0n) is 30.7. The lowest BCUT2D eigenvalue weighted by Crippen LogP contribution is -2.35. The molecular formula is C43H43N5O6S2. The molecule has 1 amide bonds. The summed E-state index contributed by atoms with van der Waals surface area (Å²) in [5, 5.41) is 32.7. The number of benzene rings is 6. The van der Waals surface area contributed by atoms with Crippen molar-refractivity contribution in [2.75, 3.05) is 43.1 Å². The fraction of sp³-hybridized carbons (Fsp3) is 0.140. The first-order valence-corrected chi connectivity index (χ1v) is 20.4. The number of carbonyl (C=O) groups excluding carboxylic acids is 1. The topological polar surface area (TPSA) is 152 Å². The summed E-state index contributed by atoms with van der Waals surface area (Å²) in [6, 6.07) is 45.9. The van der Waals surface area contributed by atoms with Crippen molar-refractivity contribution < 1.29 is 23.2 Å². The SMILES string of the molecule is C[N+]([O-])(O)c1cc(S(=O)(=O)NC(=O)c2ccc(NCCNCc3ccccc3-c3ccc(Oc4ccccc4)cc3)cc2)ccc1NCCSc1ccccc1. The van der Waals surface area contributed by atoms with E-state index < -0.39 is 20.7 Å². The molecular weight excluding hydrogens is 747 g/mol. The quantitative estimate of drug-likeness (QED) is 0.0248. The van der Waals surface area contributed by atoms with E-state index in [9.17, 15) is 23.6 Å². The minimum absolute atomic E-state index is 0.134. The average Bonchev–Trinajstić information content (AvgIpc) is 3.20. The molecule has 1 unspecified atom stereocenters. The number of rotatable bonds is 18. The molecule has 6 aromatic carbocycles. The number of thioether (sulfide) groups is 1. The molecule has 0 saturated carbocycles. The van der Waals surface area contributed by atoms with Crippen LogP contribution in [-0.4, -0.2) is 52.0 Å². The molecule has 5 N–H and O–H groups in total. The molecule has 6 rings (SSSR count). The molecule has 288 valence electrons. The third-order valence-corrected chi connectivity index (χ3v) is 11.0. The Morgan fingerprint density at radius 3 is 2.12 bits per heavy atom. The molecule has 0 aromatic heterocycles. The Morgan fingerprint density at radius 2 is 1.41 bits per heavy atom. The van der Waals surface area contributed by atoms with E-state index in [1.807, 2.05) is 84.9 Å². The molecule has 11 nitrogen and oxygen atoms in total. The van der Waals surface area contributed by atoms with Crippen LogP contribution in [0.1, 0.15) is 15.9 Å². The Labute approximate surface area is 331 Å². The zero-order valence-corrected chi connectivity index (χ0v) is 32.4. The summed E-state index contributed by atoms with van der Waals surface area (Å²) in [5.74, 6) is 1.39.